The Morgan fingerprint density at radius 3 is 2.36 bits per heavy atom. The molecule has 7 nitrogen and oxygen atoms in total. The van der Waals surface area contributed by atoms with Gasteiger partial charge in [0.15, 0.2) is 11.5 Å². The Labute approximate surface area is 170 Å². The van der Waals surface area contributed by atoms with E-state index in [4.69, 9.17) is 14.2 Å². The van der Waals surface area contributed by atoms with E-state index in [0.717, 1.165) is 30.6 Å². The van der Waals surface area contributed by atoms with Crippen LogP contribution in [0.2, 0.25) is 0 Å². The molecule has 0 spiro atoms. The number of carbonyl (C=O) groups is 2. The van der Waals surface area contributed by atoms with Gasteiger partial charge < -0.3 is 23.8 Å². The average molecular weight is 412 g/mol. The number of amides is 1. The molecule has 0 saturated carbocycles. The van der Waals surface area contributed by atoms with Crippen LogP contribution in [0.1, 0.15) is 43.0 Å². The lowest BCUT2D eigenvalue weighted by Gasteiger charge is -2.36. The van der Waals surface area contributed by atoms with Crippen molar-refractivity contribution in [2.24, 2.45) is 0 Å². The number of unbranched alkanes of at least 4 members (excludes halogenated alkanes) is 2. The number of benzene rings is 1. The van der Waals surface area contributed by atoms with Gasteiger partial charge in [-0.15, -0.1) is 11.8 Å². The highest BCUT2D eigenvalue weighted by Crippen LogP contribution is 2.45. The number of nitrogens with zero attached hydrogens (tertiary/aromatic N) is 1. The van der Waals surface area contributed by atoms with E-state index < -0.39 is 0 Å². The van der Waals surface area contributed by atoms with Gasteiger partial charge in [0.1, 0.15) is 11.1 Å². The first-order valence-corrected chi connectivity index (χ1v) is 10.4. The van der Waals surface area contributed by atoms with Crippen molar-refractivity contribution < 1.29 is 28.5 Å². The van der Waals surface area contributed by atoms with Crippen LogP contribution in [0.25, 0.3) is 0 Å². The molecule has 0 aromatic heterocycles. The Bertz CT molecular complexity index is 681. The smallest absolute Gasteiger partial charge is 0.305 e. The Morgan fingerprint density at radius 2 is 1.71 bits per heavy atom. The second kappa shape index (κ2) is 11.0. The Kier molecular flexibility index (Phi) is 8.76. The maximum absolute atomic E-state index is 12.6. The standard InChI is InChI=1S/C20H29NO6S/c1-24-15-13-17(26-3)16(25-2)12-14(15)20-21(18(22)9-11-28-20)10-7-5-6-8-19(23)27-4/h12-13,20H,5-11H2,1-4H3. The first kappa shape index (κ1) is 22.2. The SMILES string of the molecule is COC(=O)CCCCCN1C(=O)CCSC1c1cc(OC)c(OC)cc1OC. The Morgan fingerprint density at radius 1 is 1.04 bits per heavy atom. The highest BCUT2D eigenvalue weighted by Gasteiger charge is 2.32. The molecule has 0 bridgehead atoms. The molecule has 8 heteroatoms. The van der Waals surface area contributed by atoms with Crippen LogP contribution in [-0.2, 0) is 14.3 Å². The maximum atomic E-state index is 12.6. The monoisotopic (exact) mass is 411 g/mol. The van der Waals surface area contributed by atoms with Crippen molar-refractivity contribution in [1.82, 2.24) is 4.90 Å². The summed E-state index contributed by atoms with van der Waals surface area (Å²) in [7, 11) is 6.17. The fraction of sp³-hybridized carbons (Fsp3) is 0.600. The number of carbonyl (C=O) groups excluding carboxylic acids is 2. The molecule has 0 N–H and O–H groups in total. The fourth-order valence-electron chi connectivity index (χ4n) is 3.20. The minimum Gasteiger partial charge on any atom is -0.496 e. The zero-order chi connectivity index (χ0) is 20.5. The molecule has 1 heterocycles. The van der Waals surface area contributed by atoms with Gasteiger partial charge in [0, 0.05) is 36.8 Å². The molecular formula is C20H29NO6S. The number of methoxy groups -OCH3 is 4. The Hall–Kier alpha value is -2.09. The van der Waals surface area contributed by atoms with E-state index in [1.165, 1.54) is 7.11 Å². The predicted molar refractivity (Wildman–Crippen MR) is 108 cm³/mol. The lowest BCUT2D eigenvalue weighted by atomic mass is 10.1. The third-order valence-corrected chi connectivity index (χ3v) is 5.97. The molecule has 156 valence electrons. The number of thioether (sulfide) groups is 1. The molecule has 1 saturated heterocycles. The minimum atomic E-state index is -0.197. The van der Waals surface area contributed by atoms with Crippen molar-refractivity contribution in [1.29, 1.82) is 0 Å². The number of ether oxygens (including phenoxy) is 4. The van der Waals surface area contributed by atoms with E-state index in [9.17, 15) is 9.59 Å². The number of hydrogen-bond acceptors (Lipinski definition) is 7. The van der Waals surface area contributed by atoms with Gasteiger partial charge in [-0.3, -0.25) is 9.59 Å². The summed E-state index contributed by atoms with van der Waals surface area (Å²) in [6.07, 6.45) is 3.38. The second-order valence-corrected chi connectivity index (χ2v) is 7.58. The summed E-state index contributed by atoms with van der Waals surface area (Å²) in [5.74, 6) is 2.56. The summed E-state index contributed by atoms with van der Waals surface area (Å²) in [5.41, 5.74) is 0.896. The quantitative estimate of drug-likeness (QED) is 0.431. The van der Waals surface area contributed by atoms with Gasteiger partial charge in [0.05, 0.1) is 28.4 Å². The average Bonchev–Trinajstić information content (AvgIpc) is 2.73. The van der Waals surface area contributed by atoms with Crippen molar-refractivity contribution in [3.8, 4) is 17.2 Å². The zero-order valence-corrected chi connectivity index (χ0v) is 17.8. The summed E-state index contributed by atoms with van der Waals surface area (Å²) in [4.78, 5) is 25.7. The van der Waals surface area contributed by atoms with Gasteiger partial charge in [0.25, 0.3) is 0 Å². The Balaban J connectivity index is 2.14. The normalized spacial score (nSPS) is 16.6. The van der Waals surface area contributed by atoms with Crippen molar-refractivity contribution in [3.05, 3.63) is 17.7 Å². The maximum Gasteiger partial charge on any atom is 0.305 e. The molecular weight excluding hydrogens is 382 g/mol. The lowest BCUT2D eigenvalue weighted by molar-refractivity contribution is -0.140. The van der Waals surface area contributed by atoms with Gasteiger partial charge in [-0.2, -0.15) is 0 Å². The van der Waals surface area contributed by atoms with E-state index in [1.54, 1.807) is 39.2 Å². The van der Waals surface area contributed by atoms with Crippen molar-refractivity contribution >= 4 is 23.6 Å². The van der Waals surface area contributed by atoms with Gasteiger partial charge >= 0.3 is 5.97 Å². The molecule has 1 aliphatic heterocycles. The van der Waals surface area contributed by atoms with Crippen LogP contribution in [-0.4, -0.2) is 57.5 Å². The summed E-state index contributed by atoms with van der Waals surface area (Å²) in [5, 5.41) is -0.142. The van der Waals surface area contributed by atoms with E-state index in [1.807, 2.05) is 11.0 Å². The van der Waals surface area contributed by atoms with Gasteiger partial charge in [-0.05, 0) is 18.9 Å². The van der Waals surface area contributed by atoms with Crippen molar-refractivity contribution in [2.75, 3.05) is 40.7 Å². The highest BCUT2D eigenvalue weighted by atomic mass is 32.2. The third kappa shape index (κ3) is 5.47. The van der Waals surface area contributed by atoms with Gasteiger partial charge in [-0.25, -0.2) is 0 Å². The summed E-state index contributed by atoms with van der Waals surface area (Å²) in [6.45, 7) is 0.634. The lowest BCUT2D eigenvalue weighted by Crippen LogP contribution is -2.38. The molecule has 28 heavy (non-hydrogen) atoms. The number of esters is 1. The van der Waals surface area contributed by atoms with E-state index in [2.05, 4.69) is 4.74 Å². The van der Waals surface area contributed by atoms with Crippen LogP contribution >= 0.6 is 11.8 Å². The molecule has 0 radical (unpaired) electrons. The van der Waals surface area contributed by atoms with Crippen LogP contribution in [0.3, 0.4) is 0 Å². The van der Waals surface area contributed by atoms with E-state index in [-0.39, 0.29) is 17.3 Å². The zero-order valence-electron chi connectivity index (χ0n) is 17.0. The minimum absolute atomic E-state index is 0.133. The van der Waals surface area contributed by atoms with Crippen LogP contribution in [0.4, 0.5) is 0 Å². The molecule has 1 amide bonds. The van der Waals surface area contributed by atoms with Crippen LogP contribution in [0, 0.1) is 0 Å². The topological polar surface area (TPSA) is 74.3 Å². The molecule has 0 aliphatic carbocycles. The van der Waals surface area contributed by atoms with Crippen LogP contribution in [0.15, 0.2) is 12.1 Å². The highest BCUT2D eigenvalue weighted by molar-refractivity contribution is 7.99. The number of rotatable bonds is 10. The second-order valence-electron chi connectivity index (χ2n) is 6.40. The summed E-state index contributed by atoms with van der Waals surface area (Å²) >= 11 is 1.72. The van der Waals surface area contributed by atoms with Crippen LogP contribution in [0.5, 0.6) is 17.2 Å². The molecule has 1 unspecified atom stereocenters. The van der Waals surface area contributed by atoms with Crippen molar-refractivity contribution in [3.63, 3.8) is 0 Å². The molecule has 1 fully saturated rings. The fourth-order valence-corrected chi connectivity index (χ4v) is 4.48. The molecule has 1 aromatic carbocycles. The molecule has 1 atom stereocenters. The van der Waals surface area contributed by atoms with E-state index in [0.29, 0.717) is 36.6 Å². The van der Waals surface area contributed by atoms with Gasteiger partial charge in [-0.1, -0.05) is 6.42 Å². The van der Waals surface area contributed by atoms with E-state index >= 15 is 0 Å². The summed E-state index contributed by atoms with van der Waals surface area (Å²) in [6, 6.07) is 3.68. The molecule has 2 rings (SSSR count). The third-order valence-electron chi connectivity index (χ3n) is 4.70. The van der Waals surface area contributed by atoms with Crippen molar-refractivity contribution in [2.45, 2.75) is 37.5 Å². The first-order valence-electron chi connectivity index (χ1n) is 9.33. The molecule has 1 aliphatic rings. The van der Waals surface area contributed by atoms with Crippen LogP contribution < -0.4 is 14.2 Å². The van der Waals surface area contributed by atoms with Gasteiger partial charge in [0.2, 0.25) is 5.91 Å². The number of hydrogen-bond donors (Lipinski definition) is 0. The predicted octanol–water partition coefficient (Wildman–Crippen LogP) is 3.41. The summed E-state index contributed by atoms with van der Waals surface area (Å²) < 4.78 is 21.0. The largest absolute Gasteiger partial charge is 0.496 e. The first-order chi connectivity index (χ1) is 13.5. The molecule has 1 aromatic rings.